The number of benzene rings is 2. The van der Waals surface area contributed by atoms with E-state index in [0.717, 1.165) is 4.47 Å². The predicted molar refractivity (Wildman–Crippen MR) is 75.9 cm³/mol. The molecule has 90 valence electrons. The molecule has 2 aromatic carbocycles. The SMILES string of the molecule is [B]c1ccccc1[C@@H](O)[C@H](O)c1ccccc1Br. The molecule has 18 heavy (non-hydrogen) atoms. The summed E-state index contributed by atoms with van der Waals surface area (Å²) in [5.74, 6) is 0. The second kappa shape index (κ2) is 5.70. The van der Waals surface area contributed by atoms with E-state index >= 15 is 0 Å². The zero-order valence-electron chi connectivity index (χ0n) is 9.62. The standard InChI is InChI=1S/C14H12BBrO2/c15-11-7-3-1-5-9(11)13(17)14(18)10-6-2-4-8-12(10)16/h1-8,13-14,17-18H/t13-,14-/m1/s1. The van der Waals surface area contributed by atoms with Crippen LogP contribution in [0.3, 0.4) is 0 Å². The topological polar surface area (TPSA) is 40.5 Å². The fraction of sp³-hybridized carbons (Fsp3) is 0.143. The summed E-state index contributed by atoms with van der Waals surface area (Å²) in [5, 5.41) is 20.4. The van der Waals surface area contributed by atoms with Gasteiger partial charge in [-0.3, -0.25) is 0 Å². The number of hydrogen-bond donors (Lipinski definition) is 2. The molecular weight excluding hydrogens is 291 g/mol. The van der Waals surface area contributed by atoms with Crippen LogP contribution in [0.15, 0.2) is 53.0 Å². The first-order valence-corrected chi connectivity index (χ1v) is 6.35. The summed E-state index contributed by atoms with van der Waals surface area (Å²) < 4.78 is 0.756. The molecule has 4 heteroatoms. The Morgan fingerprint density at radius 1 is 0.833 bits per heavy atom. The van der Waals surface area contributed by atoms with E-state index < -0.39 is 12.2 Å². The van der Waals surface area contributed by atoms with Crippen LogP contribution < -0.4 is 5.46 Å². The van der Waals surface area contributed by atoms with E-state index in [1.807, 2.05) is 18.2 Å². The van der Waals surface area contributed by atoms with E-state index in [1.54, 1.807) is 30.3 Å². The third kappa shape index (κ3) is 2.66. The molecular formula is C14H12BBrO2. The van der Waals surface area contributed by atoms with Gasteiger partial charge in [-0.25, -0.2) is 0 Å². The van der Waals surface area contributed by atoms with Gasteiger partial charge in [0.25, 0.3) is 0 Å². The first kappa shape index (κ1) is 13.3. The Bertz CT molecular complexity index is 495. The maximum atomic E-state index is 10.2. The van der Waals surface area contributed by atoms with Crippen LogP contribution in [-0.2, 0) is 0 Å². The molecule has 0 unspecified atom stereocenters. The minimum absolute atomic E-state index is 0.469. The van der Waals surface area contributed by atoms with Crippen molar-refractivity contribution in [1.29, 1.82) is 0 Å². The van der Waals surface area contributed by atoms with Gasteiger partial charge in [0.1, 0.15) is 20.1 Å². The smallest absolute Gasteiger partial charge is 0.114 e. The lowest BCUT2D eigenvalue weighted by Gasteiger charge is -2.21. The molecule has 0 aliphatic carbocycles. The number of aliphatic hydroxyl groups is 2. The van der Waals surface area contributed by atoms with E-state index in [9.17, 15) is 10.2 Å². The van der Waals surface area contributed by atoms with Crippen molar-refractivity contribution in [2.75, 3.05) is 0 Å². The molecule has 2 radical (unpaired) electrons. The molecule has 0 heterocycles. The van der Waals surface area contributed by atoms with Crippen LogP contribution in [-0.4, -0.2) is 18.1 Å². The summed E-state index contributed by atoms with van der Waals surface area (Å²) in [4.78, 5) is 0. The second-order valence-corrected chi connectivity index (χ2v) is 4.89. The lowest BCUT2D eigenvalue weighted by atomic mass is 9.85. The molecule has 2 nitrogen and oxygen atoms in total. The van der Waals surface area contributed by atoms with E-state index in [4.69, 9.17) is 7.85 Å². The van der Waals surface area contributed by atoms with Crippen LogP contribution in [0.2, 0.25) is 0 Å². The van der Waals surface area contributed by atoms with Crippen LogP contribution in [0.1, 0.15) is 23.3 Å². The van der Waals surface area contributed by atoms with Crippen molar-refractivity contribution in [3.8, 4) is 0 Å². The van der Waals surface area contributed by atoms with Crippen molar-refractivity contribution in [3.63, 3.8) is 0 Å². The molecule has 0 aromatic heterocycles. The highest BCUT2D eigenvalue weighted by molar-refractivity contribution is 9.10. The van der Waals surface area contributed by atoms with Gasteiger partial charge in [-0.05, 0) is 17.2 Å². The van der Waals surface area contributed by atoms with E-state index in [0.29, 0.717) is 16.6 Å². The van der Waals surface area contributed by atoms with Crippen molar-refractivity contribution in [3.05, 3.63) is 64.1 Å². The summed E-state index contributed by atoms with van der Waals surface area (Å²) >= 11 is 3.35. The molecule has 0 bridgehead atoms. The van der Waals surface area contributed by atoms with Crippen molar-refractivity contribution < 1.29 is 10.2 Å². The summed E-state index contributed by atoms with van der Waals surface area (Å²) in [6.45, 7) is 0. The quantitative estimate of drug-likeness (QED) is 0.852. The van der Waals surface area contributed by atoms with Crippen LogP contribution in [0, 0.1) is 0 Å². The van der Waals surface area contributed by atoms with Gasteiger partial charge >= 0.3 is 0 Å². The first-order chi connectivity index (χ1) is 8.61. The minimum Gasteiger partial charge on any atom is -0.385 e. The Labute approximate surface area is 116 Å². The molecule has 2 atom stereocenters. The fourth-order valence-electron chi connectivity index (χ4n) is 1.84. The number of halogens is 1. The van der Waals surface area contributed by atoms with Gasteiger partial charge < -0.3 is 10.2 Å². The van der Waals surface area contributed by atoms with E-state index in [1.165, 1.54) is 0 Å². The summed E-state index contributed by atoms with van der Waals surface area (Å²) in [6.07, 6.45) is -2.07. The average molecular weight is 303 g/mol. The average Bonchev–Trinajstić information content (AvgIpc) is 2.38. The predicted octanol–water partition coefficient (Wildman–Crippen LogP) is 2.01. The molecule has 0 spiro atoms. The fourth-order valence-corrected chi connectivity index (χ4v) is 2.35. The van der Waals surface area contributed by atoms with Gasteiger partial charge in [-0.15, -0.1) is 0 Å². The molecule has 0 aliphatic rings. The van der Waals surface area contributed by atoms with Crippen molar-refractivity contribution in [2.24, 2.45) is 0 Å². The Balaban J connectivity index is 2.33. The maximum absolute atomic E-state index is 10.2. The molecule has 2 N–H and O–H groups in total. The van der Waals surface area contributed by atoms with Crippen molar-refractivity contribution >= 4 is 29.2 Å². The normalized spacial score (nSPS) is 14.2. The molecule has 0 saturated carbocycles. The lowest BCUT2D eigenvalue weighted by Crippen LogP contribution is -2.19. The molecule has 0 amide bonds. The lowest BCUT2D eigenvalue weighted by molar-refractivity contribution is 0.0174. The highest BCUT2D eigenvalue weighted by atomic mass is 79.9. The number of hydrogen-bond acceptors (Lipinski definition) is 2. The zero-order valence-corrected chi connectivity index (χ0v) is 11.2. The molecule has 0 fully saturated rings. The Morgan fingerprint density at radius 3 is 1.94 bits per heavy atom. The van der Waals surface area contributed by atoms with Crippen LogP contribution in [0.4, 0.5) is 0 Å². The van der Waals surface area contributed by atoms with Gasteiger partial charge in [0, 0.05) is 4.47 Å². The third-order valence-corrected chi connectivity index (χ3v) is 3.56. The van der Waals surface area contributed by atoms with Crippen LogP contribution in [0.5, 0.6) is 0 Å². The van der Waals surface area contributed by atoms with Gasteiger partial charge in [0.15, 0.2) is 0 Å². The zero-order chi connectivity index (χ0) is 13.1. The number of rotatable bonds is 3. The molecule has 2 rings (SSSR count). The van der Waals surface area contributed by atoms with Crippen molar-refractivity contribution in [1.82, 2.24) is 0 Å². The molecule has 0 aliphatic heterocycles. The minimum atomic E-state index is -1.05. The summed E-state index contributed by atoms with van der Waals surface area (Å²) in [6, 6.07) is 14.2. The van der Waals surface area contributed by atoms with Crippen molar-refractivity contribution in [2.45, 2.75) is 12.2 Å². The van der Waals surface area contributed by atoms with E-state index in [2.05, 4.69) is 15.9 Å². The molecule has 0 saturated heterocycles. The van der Waals surface area contributed by atoms with Gasteiger partial charge in [-0.2, -0.15) is 0 Å². The Hall–Kier alpha value is -1.10. The molecule has 2 aromatic rings. The second-order valence-electron chi connectivity index (χ2n) is 4.04. The first-order valence-electron chi connectivity index (χ1n) is 5.56. The van der Waals surface area contributed by atoms with Crippen LogP contribution in [0.25, 0.3) is 0 Å². The highest BCUT2D eigenvalue weighted by Crippen LogP contribution is 2.31. The van der Waals surface area contributed by atoms with E-state index in [-0.39, 0.29) is 0 Å². The summed E-state index contributed by atoms with van der Waals surface area (Å²) in [5.41, 5.74) is 1.63. The Morgan fingerprint density at radius 2 is 1.33 bits per heavy atom. The number of aliphatic hydroxyl groups excluding tert-OH is 2. The highest BCUT2D eigenvalue weighted by Gasteiger charge is 2.22. The van der Waals surface area contributed by atoms with Crippen LogP contribution >= 0.6 is 15.9 Å². The third-order valence-electron chi connectivity index (χ3n) is 2.84. The van der Waals surface area contributed by atoms with Gasteiger partial charge in [-0.1, -0.05) is 63.9 Å². The Kier molecular flexibility index (Phi) is 4.22. The monoisotopic (exact) mass is 302 g/mol. The van der Waals surface area contributed by atoms with Gasteiger partial charge in [0.05, 0.1) is 0 Å². The maximum Gasteiger partial charge on any atom is 0.114 e. The van der Waals surface area contributed by atoms with Gasteiger partial charge in [0.2, 0.25) is 0 Å². The largest absolute Gasteiger partial charge is 0.385 e. The summed E-state index contributed by atoms with van der Waals surface area (Å²) in [7, 11) is 5.79.